The molecule has 6 nitrogen and oxygen atoms in total. The quantitative estimate of drug-likeness (QED) is 0.428. The van der Waals surface area contributed by atoms with Gasteiger partial charge in [0.2, 0.25) is 0 Å². The molecule has 0 N–H and O–H groups in total. The number of esters is 1. The van der Waals surface area contributed by atoms with Gasteiger partial charge in [0.15, 0.2) is 6.61 Å². The van der Waals surface area contributed by atoms with E-state index in [0.29, 0.717) is 5.82 Å². The topological polar surface area (TPSA) is 72.4 Å². The zero-order valence-electron chi connectivity index (χ0n) is 16.0. The number of hydrogen-bond acceptors (Lipinski definition) is 7. The molecule has 3 heterocycles. The number of carbonyl (C=O) groups excluding carboxylic acids is 2. The number of ether oxygens (including phenoxy) is 1. The lowest BCUT2D eigenvalue weighted by molar-refractivity contribution is -0.149. The number of nitrogens with zero attached hydrogens (tertiary/aromatic N) is 3. The van der Waals surface area contributed by atoms with Crippen molar-refractivity contribution >= 4 is 45.2 Å². The van der Waals surface area contributed by atoms with Crippen LogP contribution >= 0.6 is 23.1 Å². The average Bonchev–Trinajstić information content (AvgIpc) is 2.84. The van der Waals surface area contributed by atoms with Gasteiger partial charge >= 0.3 is 5.97 Å². The van der Waals surface area contributed by atoms with Crippen LogP contribution in [-0.4, -0.2) is 52.2 Å². The molecule has 0 spiro atoms. The van der Waals surface area contributed by atoms with Crippen LogP contribution in [0.5, 0.6) is 0 Å². The number of rotatable bonds is 5. The van der Waals surface area contributed by atoms with Gasteiger partial charge in [-0.25, -0.2) is 9.97 Å². The van der Waals surface area contributed by atoms with Crippen molar-refractivity contribution in [3.8, 4) is 0 Å². The van der Waals surface area contributed by atoms with Crippen molar-refractivity contribution in [2.75, 3.05) is 25.4 Å². The lowest BCUT2D eigenvalue weighted by Crippen LogP contribution is -2.35. The van der Waals surface area contributed by atoms with E-state index in [4.69, 9.17) is 4.74 Å². The minimum Gasteiger partial charge on any atom is -0.455 e. The molecule has 0 aliphatic carbocycles. The highest BCUT2D eigenvalue weighted by Crippen LogP contribution is 2.35. The number of aryl methyl sites for hydroxylation is 3. The molecule has 1 amide bonds. The zero-order valence-corrected chi connectivity index (χ0v) is 17.7. The van der Waals surface area contributed by atoms with Gasteiger partial charge in [-0.2, -0.15) is 0 Å². The summed E-state index contributed by atoms with van der Waals surface area (Å²) in [4.78, 5) is 37.3. The molecule has 0 bridgehead atoms. The summed E-state index contributed by atoms with van der Waals surface area (Å²) in [6, 6.07) is 0. The molecule has 1 saturated heterocycles. The largest absolute Gasteiger partial charge is 0.455 e. The van der Waals surface area contributed by atoms with Gasteiger partial charge in [-0.15, -0.1) is 11.3 Å². The van der Waals surface area contributed by atoms with Crippen molar-refractivity contribution in [1.82, 2.24) is 14.9 Å². The van der Waals surface area contributed by atoms with E-state index in [1.165, 1.54) is 16.6 Å². The van der Waals surface area contributed by atoms with Crippen molar-refractivity contribution in [3.63, 3.8) is 0 Å². The molecule has 2 aromatic rings. The van der Waals surface area contributed by atoms with Gasteiger partial charge in [0.05, 0.1) is 5.75 Å². The highest BCUT2D eigenvalue weighted by Gasteiger charge is 2.18. The molecule has 0 saturated carbocycles. The smallest absolute Gasteiger partial charge is 0.316 e. The molecule has 8 heteroatoms. The van der Waals surface area contributed by atoms with Crippen molar-refractivity contribution in [2.24, 2.45) is 0 Å². The third-order valence-corrected chi connectivity index (χ3v) is 6.80. The molecule has 146 valence electrons. The second-order valence-electron chi connectivity index (χ2n) is 6.78. The maximum Gasteiger partial charge on any atom is 0.316 e. The monoisotopic (exact) mass is 407 g/mol. The second-order valence-corrected chi connectivity index (χ2v) is 8.95. The minimum atomic E-state index is -0.391. The number of likely N-dealkylation sites (tertiary alicyclic amines) is 1. The minimum absolute atomic E-state index is 0.0974. The Hall–Kier alpha value is -1.67. The number of amides is 1. The fraction of sp³-hybridized carbons (Fsp3) is 0.579. The number of fused-ring (bicyclic) bond motifs is 1. The first-order valence-corrected chi connectivity index (χ1v) is 11.1. The highest BCUT2D eigenvalue weighted by molar-refractivity contribution is 8.00. The molecular weight excluding hydrogens is 382 g/mol. The molecule has 3 rings (SSSR count). The normalized spacial score (nSPS) is 15.0. The van der Waals surface area contributed by atoms with Crippen molar-refractivity contribution in [2.45, 2.75) is 51.5 Å². The van der Waals surface area contributed by atoms with Crippen LogP contribution < -0.4 is 0 Å². The molecule has 0 atom stereocenters. The van der Waals surface area contributed by atoms with E-state index in [9.17, 15) is 9.59 Å². The second kappa shape index (κ2) is 9.01. The van der Waals surface area contributed by atoms with Crippen molar-refractivity contribution in [3.05, 3.63) is 16.3 Å². The first-order valence-electron chi connectivity index (χ1n) is 9.26. The standard InChI is InChI=1S/C19H25N3O3S2/c1-12-13(2)27-19-17(12)18(20-14(3)21-19)26-11-16(24)25-10-15(23)22-8-6-4-5-7-9-22/h4-11H2,1-3H3. The van der Waals surface area contributed by atoms with Crippen LogP contribution in [0.1, 0.15) is 41.9 Å². The number of thiophene rings is 1. The summed E-state index contributed by atoms with van der Waals surface area (Å²) in [7, 11) is 0. The Kier molecular flexibility index (Phi) is 6.70. The maximum absolute atomic E-state index is 12.2. The van der Waals surface area contributed by atoms with Gasteiger partial charge in [0.25, 0.3) is 5.91 Å². The van der Waals surface area contributed by atoms with Crippen LogP contribution in [0.25, 0.3) is 10.2 Å². The summed E-state index contributed by atoms with van der Waals surface area (Å²) in [6.45, 7) is 7.32. The van der Waals surface area contributed by atoms with Crippen LogP contribution in [0.15, 0.2) is 5.03 Å². The highest BCUT2D eigenvalue weighted by atomic mass is 32.2. The third-order valence-electron chi connectivity index (χ3n) is 4.75. The molecule has 0 aromatic carbocycles. The zero-order chi connectivity index (χ0) is 19.4. The predicted molar refractivity (Wildman–Crippen MR) is 108 cm³/mol. The molecule has 1 aliphatic rings. The van der Waals surface area contributed by atoms with Gasteiger partial charge in [-0.1, -0.05) is 24.6 Å². The van der Waals surface area contributed by atoms with E-state index in [0.717, 1.165) is 59.6 Å². The first-order chi connectivity index (χ1) is 13.0. The maximum atomic E-state index is 12.2. The Bertz CT molecular complexity index is 842. The molecule has 27 heavy (non-hydrogen) atoms. The summed E-state index contributed by atoms with van der Waals surface area (Å²) in [6.07, 6.45) is 4.37. The van der Waals surface area contributed by atoms with Gasteiger partial charge in [-0.05, 0) is 39.2 Å². The molecule has 1 fully saturated rings. The van der Waals surface area contributed by atoms with Crippen LogP contribution in [0.3, 0.4) is 0 Å². The van der Waals surface area contributed by atoms with E-state index >= 15 is 0 Å². The Labute approximate surface area is 167 Å². The summed E-state index contributed by atoms with van der Waals surface area (Å²) in [5.74, 6) is 0.334. The summed E-state index contributed by atoms with van der Waals surface area (Å²) in [5.41, 5.74) is 1.15. The van der Waals surface area contributed by atoms with E-state index in [1.807, 2.05) is 11.8 Å². The number of thioether (sulfide) groups is 1. The number of hydrogen-bond donors (Lipinski definition) is 0. The first kappa shape index (κ1) is 20.1. The fourth-order valence-corrected chi connectivity index (χ4v) is 5.21. The molecule has 0 radical (unpaired) electrons. The lowest BCUT2D eigenvalue weighted by atomic mass is 10.2. The Balaban J connectivity index is 1.56. The fourth-order valence-electron chi connectivity index (χ4n) is 3.14. The van der Waals surface area contributed by atoms with Crippen molar-refractivity contribution in [1.29, 1.82) is 0 Å². The van der Waals surface area contributed by atoms with Crippen LogP contribution in [-0.2, 0) is 14.3 Å². The van der Waals surface area contributed by atoms with E-state index in [2.05, 4.69) is 23.8 Å². The van der Waals surface area contributed by atoms with Gasteiger partial charge < -0.3 is 9.64 Å². The Morgan fingerprint density at radius 3 is 2.52 bits per heavy atom. The van der Waals surface area contributed by atoms with E-state index in [-0.39, 0.29) is 18.3 Å². The van der Waals surface area contributed by atoms with E-state index < -0.39 is 5.97 Å². The Morgan fingerprint density at radius 1 is 1.11 bits per heavy atom. The summed E-state index contributed by atoms with van der Waals surface area (Å²) < 4.78 is 5.21. The lowest BCUT2D eigenvalue weighted by Gasteiger charge is -2.19. The molecule has 0 unspecified atom stereocenters. The van der Waals surface area contributed by atoms with E-state index in [1.54, 1.807) is 11.3 Å². The number of aromatic nitrogens is 2. The van der Waals surface area contributed by atoms with Gasteiger partial charge in [-0.3, -0.25) is 9.59 Å². The molecular formula is C19H25N3O3S2. The van der Waals surface area contributed by atoms with Crippen molar-refractivity contribution < 1.29 is 14.3 Å². The predicted octanol–water partition coefficient (Wildman–Crippen LogP) is 3.65. The average molecular weight is 408 g/mol. The summed E-state index contributed by atoms with van der Waals surface area (Å²) in [5, 5.41) is 1.82. The van der Waals surface area contributed by atoms with Crippen LogP contribution in [0, 0.1) is 20.8 Å². The van der Waals surface area contributed by atoms with Crippen LogP contribution in [0.2, 0.25) is 0 Å². The van der Waals surface area contributed by atoms with Gasteiger partial charge in [0.1, 0.15) is 15.7 Å². The Morgan fingerprint density at radius 2 is 1.81 bits per heavy atom. The summed E-state index contributed by atoms with van der Waals surface area (Å²) >= 11 is 2.99. The molecule has 2 aromatic heterocycles. The third kappa shape index (κ3) is 4.99. The number of carbonyl (C=O) groups is 2. The molecule has 1 aliphatic heterocycles. The van der Waals surface area contributed by atoms with Crippen LogP contribution in [0.4, 0.5) is 0 Å². The SMILES string of the molecule is Cc1nc(SCC(=O)OCC(=O)N2CCCCCC2)c2c(C)c(C)sc2n1. The van der Waals surface area contributed by atoms with Gasteiger partial charge in [0, 0.05) is 23.4 Å².